The minimum Gasteiger partial charge on any atom is -0.295 e. The number of nitroso groups, excluding NO2 is 1. The first-order valence-corrected chi connectivity index (χ1v) is 10.0. The molecule has 0 saturated heterocycles. The first kappa shape index (κ1) is 16.5. The summed E-state index contributed by atoms with van der Waals surface area (Å²) >= 11 is 0. The summed E-state index contributed by atoms with van der Waals surface area (Å²) in [6.07, 6.45) is 12.5. The molecule has 0 unspecified atom stereocenters. The number of fused-ring (bicyclic) bond motifs is 5. The van der Waals surface area contributed by atoms with Crippen molar-refractivity contribution in [1.82, 2.24) is 0 Å². The lowest BCUT2D eigenvalue weighted by atomic mass is 9.47. The summed E-state index contributed by atoms with van der Waals surface area (Å²) in [7, 11) is 0. The van der Waals surface area contributed by atoms with Crippen molar-refractivity contribution in [3.63, 3.8) is 0 Å². The Hall–Kier alpha value is -0.990. The molecule has 4 aliphatic rings. The van der Waals surface area contributed by atoms with Crippen molar-refractivity contribution in [2.45, 2.75) is 71.6 Å². The molecule has 4 rings (SSSR count). The average molecular weight is 329 g/mol. The largest absolute Gasteiger partial charge is 0.295 e. The molecule has 0 aromatic heterocycles. The molecule has 3 nitrogen and oxygen atoms in total. The number of ketones is 1. The second kappa shape index (κ2) is 5.78. The maximum atomic E-state index is 11.9. The number of carbonyl (C=O) groups excluding carboxylic acids is 1. The maximum Gasteiger partial charge on any atom is 0.155 e. The third kappa shape index (κ3) is 2.26. The van der Waals surface area contributed by atoms with Crippen LogP contribution in [0.2, 0.25) is 0 Å². The molecule has 6 atom stereocenters. The normalized spacial score (nSPS) is 47.4. The van der Waals surface area contributed by atoms with E-state index in [-0.39, 0.29) is 5.41 Å². The van der Waals surface area contributed by atoms with E-state index in [4.69, 9.17) is 0 Å². The Morgan fingerprint density at radius 3 is 2.71 bits per heavy atom. The van der Waals surface area contributed by atoms with Crippen molar-refractivity contribution in [2.24, 2.45) is 39.7 Å². The second-order valence-corrected chi connectivity index (χ2v) is 9.43. The molecule has 132 valence electrons. The van der Waals surface area contributed by atoms with Gasteiger partial charge in [0.2, 0.25) is 0 Å². The van der Waals surface area contributed by atoms with Gasteiger partial charge in [0.15, 0.2) is 5.78 Å². The van der Waals surface area contributed by atoms with Gasteiger partial charge < -0.3 is 0 Å². The van der Waals surface area contributed by atoms with Gasteiger partial charge in [-0.2, -0.15) is 4.91 Å². The van der Waals surface area contributed by atoms with E-state index in [0.717, 1.165) is 43.4 Å². The Morgan fingerprint density at radius 2 is 1.92 bits per heavy atom. The van der Waals surface area contributed by atoms with Gasteiger partial charge in [-0.15, -0.1) is 0 Å². The van der Waals surface area contributed by atoms with Gasteiger partial charge >= 0.3 is 0 Å². The fourth-order valence-corrected chi connectivity index (χ4v) is 7.35. The lowest BCUT2D eigenvalue weighted by molar-refractivity contribution is -0.117. The van der Waals surface area contributed by atoms with Gasteiger partial charge in [-0.3, -0.25) is 4.79 Å². The molecular weight excluding hydrogens is 298 g/mol. The summed E-state index contributed by atoms with van der Waals surface area (Å²) < 4.78 is 0. The molecule has 3 saturated carbocycles. The molecule has 3 heteroatoms. The number of nitrogens with zero attached hydrogens (tertiary/aromatic N) is 1. The fourth-order valence-electron chi connectivity index (χ4n) is 7.35. The molecular formula is C21H31NO2. The van der Waals surface area contributed by atoms with Crippen LogP contribution in [0.5, 0.6) is 0 Å². The lowest BCUT2D eigenvalue weighted by Gasteiger charge is -2.58. The minimum absolute atomic E-state index is 0.278. The molecule has 0 N–H and O–H groups in total. The van der Waals surface area contributed by atoms with E-state index in [0.29, 0.717) is 23.7 Å². The van der Waals surface area contributed by atoms with Crippen LogP contribution in [0.15, 0.2) is 16.8 Å². The molecule has 0 aliphatic heterocycles. The molecule has 0 radical (unpaired) electrons. The Labute approximate surface area is 145 Å². The quantitative estimate of drug-likeness (QED) is 0.660. The second-order valence-electron chi connectivity index (χ2n) is 9.43. The number of rotatable bonds is 3. The van der Waals surface area contributed by atoms with Crippen LogP contribution in [0.1, 0.15) is 71.6 Å². The van der Waals surface area contributed by atoms with Crippen LogP contribution in [0, 0.1) is 39.4 Å². The Balaban J connectivity index is 1.60. The van der Waals surface area contributed by atoms with Crippen LogP contribution in [0.4, 0.5) is 0 Å². The zero-order valence-corrected chi connectivity index (χ0v) is 15.2. The highest BCUT2D eigenvalue weighted by Crippen LogP contribution is 2.66. The molecule has 0 amide bonds. The SMILES string of the molecule is C[C@]12CC[C@H]3[C@@H](CCC4=CC(=O)CC[C@@]43C)[C@@H]1CC[C@@H]2CCN=O. The molecule has 0 aromatic rings. The van der Waals surface area contributed by atoms with Crippen LogP contribution in [-0.2, 0) is 4.79 Å². The van der Waals surface area contributed by atoms with E-state index in [9.17, 15) is 9.70 Å². The predicted molar refractivity (Wildman–Crippen MR) is 95.5 cm³/mol. The molecule has 3 fully saturated rings. The molecule has 0 bridgehead atoms. The Bertz CT molecular complexity index is 582. The van der Waals surface area contributed by atoms with E-state index in [1.54, 1.807) is 0 Å². The molecule has 0 heterocycles. The van der Waals surface area contributed by atoms with Crippen molar-refractivity contribution in [3.05, 3.63) is 16.6 Å². The van der Waals surface area contributed by atoms with Gasteiger partial charge in [0.1, 0.15) is 0 Å². The number of carbonyl (C=O) groups is 1. The highest BCUT2D eigenvalue weighted by Gasteiger charge is 2.58. The standard InChI is InChI=1S/C21H31NO2/c1-20-11-8-19-17(18(20)6-4-14(20)9-12-22-24)5-3-15-13-16(23)7-10-21(15,19)2/h13-14,17-19H,3-12H2,1-2H3/t14-,17+,18+,19+,20-,21+/m1/s1. The summed E-state index contributed by atoms with van der Waals surface area (Å²) in [6, 6.07) is 0. The fraction of sp³-hybridized carbons (Fsp3) is 0.857. The van der Waals surface area contributed by atoms with Gasteiger partial charge in [-0.05, 0) is 91.9 Å². The first-order valence-electron chi connectivity index (χ1n) is 10.0. The average Bonchev–Trinajstić information content (AvgIpc) is 2.90. The molecule has 0 aromatic carbocycles. The summed E-state index contributed by atoms with van der Waals surface area (Å²) in [6.45, 7) is 5.45. The monoisotopic (exact) mass is 329 g/mol. The van der Waals surface area contributed by atoms with Gasteiger partial charge in [-0.25, -0.2) is 0 Å². The molecule has 4 aliphatic carbocycles. The van der Waals surface area contributed by atoms with E-state index < -0.39 is 0 Å². The van der Waals surface area contributed by atoms with Crippen LogP contribution in [0.25, 0.3) is 0 Å². The number of hydrogen-bond acceptors (Lipinski definition) is 3. The lowest BCUT2D eigenvalue weighted by Crippen LogP contribution is -2.50. The van der Waals surface area contributed by atoms with Crippen LogP contribution in [-0.4, -0.2) is 12.3 Å². The summed E-state index contributed by atoms with van der Waals surface area (Å²) in [4.78, 5) is 22.5. The van der Waals surface area contributed by atoms with Crippen LogP contribution >= 0.6 is 0 Å². The smallest absolute Gasteiger partial charge is 0.155 e. The topological polar surface area (TPSA) is 46.5 Å². The zero-order valence-electron chi connectivity index (χ0n) is 15.2. The van der Waals surface area contributed by atoms with Crippen LogP contribution < -0.4 is 0 Å². The Morgan fingerprint density at radius 1 is 1.08 bits per heavy atom. The van der Waals surface area contributed by atoms with Gasteiger partial charge in [0, 0.05) is 6.42 Å². The van der Waals surface area contributed by atoms with E-state index in [1.165, 1.54) is 37.7 Å². The first-order chi connectivity index (χ1) is 11.5. The maximum absolute atomic E-state index is 11.9. The van der Waals surface area contributed by atoms with Gasteiger partial charge in [0.05, 0.1) is 6.54 Å². The van der Waals surface area contributed by atoms with Crippen LogP contribution in [0.3, 0.4) is 0 Å². The summed E-state index contributed by atoms with van der Waals surface area (Å²) in [5, 5.41) is 3.13. The third-order valence-corrected chi connectivity index (χ3v) is 8.73. The third-order valence-electron chi connectivity index (χ3n) is 8.73. The number of allylic oxidation sites excluding steroid dienone is 1. The summed E-state index contributed by atoms with van der Waals surface area (Å²) in [5.41, 5.74) is 2.16. The van der Waals surface area contributed by atoms with E-state index in [1.807, 2.05) is 6.08 Å². The van der Waals surface area contributed by atoms with E-state index >= 15 is 0 Å². The Kier molecular flexibility index (Phi) is 3.97. The van der Waals surface area contributed by atoms with Crippen molar-refractivity contribution < 1.29 is 4.79 Å². The van der Waals surface area contributed by atoms with Gasteiger partial charge in [-0.1, -0.05) is 24.6 Å². The highest BCUT2D eigenvalue weighted by molar-refractivity contribution is 5.91. The number of hydrogen-bond donors (Lipinski definition) is 0. The van der Waals surface area contributed by atoms with Crippen molar-refractivity contribution in [2.75, 3.05) is 6.54 Å². The van der Waals surface area contributed by atoms with Crippen molar-refractivity contribution in [3.8, 4) is 0 Å². The summed E-state index contributed by atoms with van der Waals surface area (Å²) in [5.74, 6) is 3.46. The molecule has 24 heavy (non-hydrogen) atoms. The van der Waals surface area contributed by atoms with Crippen molar-refractivity contribution >= 4 is 5.78 Å². The van der Waals surface area contributed by atoms with Gasteiger partial charge in [0.25, 0.3) is 0 Å². The zero-order chi connectivity index (χ0) is 16.9. The van der Waals surface area contributed by atoms with Crippen molar-refractivity contribution in [1.29, 1.82) is 0 Å². The minimum atomic E-state index is 0.278. The highest BCUT2D eigenvalue weighted by atomic mass is 16.3. The molecule has 0 spiro atoms. The van der Waals surface area contributed by atoms with E-state index in [2.05, 4.69) is 19.0 Å². The predicted octanol–water partition coefficient (Wildman–Crippen LogP) is 5.29.